The molecule has 4 rings (SSSR count). The molecule has 5 nitrogen and oxygen atoms in total. The van der Waals surface area contributed by atoms with E-state index in [1.165, 1.54) is 0 Å². The molecular weight excluding hydrogens is 404 g/mol. The Bertz CT molecular complexity index is 914. The fourth-order valence-electron chi connectivity index (χ4n) is 3.71. The Morgan fingerprint density at radius 2 is 1.31 bits per heavy atom. The van der Waals surface area contributed by atoms with Crippen molar-refractivity contribution in [2.24, 2.45) is 0 Å². The number of ether oxygens (including phenoxy) is 5. The maximum Gasteiger partial charge on any atom is 0.118 e. The highest BCUT2D eigenvalue weighted by Crippen LogP contribution is 2.24. The van der Waals surface area contributed by atoms with Gasteiger partial charge in [0.2, 0.25) is 0 Å². The third-order valence-corrected chi connectivity index (χ3v) is 5.51. The van der Waals surface area contributed by atoms with Crippen molar-refractivity contribution in [2.75, 3.05) is 20.3 Å². The largest absolute Gasteiger partial charge is 0.497 e. The molecule has 0 radical (unpaired) electrons. The standard InChI is InChI=1S/C27H30O5/c1-28-24-14-12-23(13-15-24)18-32-27-25(19-29-16-21-8-4-2-5-9-21)31-20-26(27)30-17-22-10-6-3-7-11-22/h2-15,25-27H,16-20H2,1H3/t25-,26+,27-/m1/s1. The topological polar surface area (TPSA) is 46.2 Å². The van der Waals surface area contributed by atoms with Crippen LogP contribution in [0, 0.1) is 0 Å². The lowest BCUT2D eigenvalue weighted by Crippen LogP contribution is -2.37. The van der Waals surface area contributed by atoms with Gasteiger partial charge in [-0.3, -0.25) is 0 Å². The van der Waals surface area contributed by atoms with Crippen molar-refractivity contribution in [3.05, 3.63) is 102 Å². The fourth-order valence-corrected chi connectivity index (χ4v) is 3.71. The Labute approximate surface area is 189 Å². The Morgan fingerprint density at radius 3 is 1.97 bits per heavy atom. The van der Waals surface area contributed by atoms with Gasteiger partial charge in [-0.25, -0.2) is 0 Å². The van der Waals surface area contributed by atoms with Gasteiger partial charge in [-0.15, -0.1) is 0 Å². The van der Waals surface area contributed by atoms with E-state index >= 15 is 0 Å². The molecule has 0 aromatic heterocycles. The number of rotatable bonds is 11. The summed E-state index contributed by atoms with van der Waals surface area (Å²) >= 11 is 0. The van der Waals surface area contributed by atoms with Crippen LogP contribution in [0.15, 0.2) is 84.9 Å². The first kappa shape index (κ1) is 22.5. The lowest BCUT2D eigenvalue weighted by atomic mass is 10.1. The maximum atomic E-state index is 6.31. The zero-order valence-electron chi connectivity index (χ0n) is 18.4. The van der Waals surface area contributed by atoms with Gasteiger partial charge in [-0.05, 0) is 28.8 Å². The van der Waals surface area contributed by atoms with E-state index in [2.05, 4.69) is 24.3 Å². The van der Waals surface area contributed by atoms with Crippen molar-refractivity contribution < 1.29 is 23.7 Å². The van der Waals surface area contributed by atoms with Gasteiger partial charge in [0.15, 0.2) is 0 Å². The monoisotopic (exact) mass is 434 g/mol. The van der Waals surface area contributed by atoms with Gasteiger partial charge in [0.25, 0.3) is 0 Å². The van der Waals surface area contributed by atoms with Gasteiger partial charge < -0.3 is 23.7 Å². The Kier molecular flexibility index (Phi) is 8.29. The van der Waals surface area contributed by atoms with Crippen molar-refractivity contribution >= 4 is 0 Å². The number of hydrogen-bond donors (Lipinski definition) is 0. The van der Waals surface area contributed by atoms with Crippen LogP contribution in [0.25, 0.3) is 0 Å². The number of benzene rings is 3. The minimum Gasteiger partial charge on any atom is -0.497 e. The van der Waals surface area contributed by atoms with Gasteiger partial charge >= 0.3 is 0 Å². The predicted octanol–water partition coefficient (Wildman–Crippen LogP) is 4.78. The highest BCUT2D eigenvalue weighted by Gasteiger charge is 2.39. The molecule has 1 aliphatic heterocycles. The first-order valence-corrected chi connectivity index (χ1v) is 10.9. The van der Waals surface area contributed by atoms with E-state index in [9.17, 15) is 0 Å². The van der Waals surface area contributed by atoms with E-state index in [4.69, 9.17) is 23.7 Å². The Hall–Kier alpha value is -2.70. The molecule has 32 heavy (non-hydrogen) atoms. The zero-order chi connectivity index (χ0) is 22.0. The Morgan fingerprint density at radius 1 is 0.719 bits per heavy atom. The van der Waals surface area contributed by atoms with E-state index < -0.39 is 0 Å². The van der Waals surface area contributed by atoms with Gasteiger partial charge in [-0.2, -0.15) is 0 Å². The van der Waals surface area contributed by atoms with E-state index in [0.29, 0.717) is 33.0 Å². The molecule has 1 aliphatic rings. The van der Waals surface area contributed by atoms with Crippen LogP contribution in [-0.2, 0) is 38.8 Å². The molecule has 1 fully saturated rings. The van der Waals surface area contributed by atoms with Crippen LogP contribution < -0.4 is 4.74 Å². The van der Waals surface area contributed by atoms with E-state index in [1.807, 2.05) is 60.7 Å². The highest BCUT2D eigenvalue weighted by atomic mass is 16.6. The molecule has 3 atom stereocenters. The molecule has 5 heteroatoms. The minimum atomic E-state index is -0.211. The third-order valence-electron chi connectivity index (χ3n) is 5.51. The van der Waals surface area contributed by atoms with E-state index in [1.54, 1.807) is 7.11 Å². The summed E-state index contributed by atoms with van der Waals surface area (Å²) in [6.07, 6.45) is -0.548. The minimum absolute atomic E-state index is 0.154. The fraction of sp³-hybridized carbons (Fsp3) is 0.333. The SMILES string of the molecule is COc1ccc(CO[C@H]2[C@@H](OCc3ccccc3)CO[C@@H]2COCc2ccccc2)cc1. The van der Waals surface area contributed by atoms with Crippen LogP contribution in [0.5, 0.6) is 5.75 Å². The van der Waals surface area contributed by atoms with E-state index in [0.717, 1.165) is 22.4 Å². The Balaban J connectivity index is 1.35. The van der Waals surface area contributed by atoms with Gasteiger partial charge in [0.05, 0.1) is 40.1 Å². The van der Waals surface area contributed by atoms with Gasteiger partial charge in [0, 0.05) is 0 Å². The van der Waals surface area contributed by atoms with E-state index in [-0.39, 0.29) is 18.3 Å². The molecule has 0 N–H and O–H groups in total. The first-order chi connectivity index (χ1) is 15.8. The highest BCUT2D eigenvalue weighted by molar-refractivity contribution is 5.26. The zero-order valence-corrected chi connectivity index (χ0v) is 18.4. The number of methoxy groups -OCH3 is 1. The van der Waals surface area contributed by atoms with Crippen molar-refractivity contribution in [2.45, 2.75) is 38.1 Å². The van der Waals surface area contributed by atoms with Crippen LogP contribution in [0.3, 0.4) is 0 Å². The number of hydrogen-bond acceptors (Lipinski definition) is 5. The van der Waals surface area contributed by atoms with Crippen LogP contribution in [0.1, 0.15) is 16.7 Å². The molecule has 1 heterocycles. The summed E-state index contributed by atoms with van der Waals surface area (Å²) < 4.78 is 29.7. The van der Waals surface area contributed by atoms with Crippen molar-refractivity contribution in [1.29, 1.82) is 0 Å². The summed E-state index contributed by atoms with van der Waals surface area (Å²) in [5, 5.41) is 0. The molecule has 0 amide bonds. The molecule has 168 valence electrons. The molecular formula is C27H30O5. The molecule has 0 unspecified atom stereocenters. The molecule has 1 saturated heterocycles. The van der Waals surface area contributed by atoms with Crippen LogP contribution in [0.4, 0.5) is 0 Å². The molecule has 0 saturated carbocycles. The average molecular weight is 435 g/mol. The smallest absolute Gasteiger partial charge is 0.118 e. The van der Waals surface area contributed by atoms with Crippen molar-refractivity contribution in [3.63, 3.8) is 0 Å². The summed E-state index contributed by atoms with van der Waals surface area (Å²) in [6.45, 7) is 2.47. The molecule has 0 aliphatic carbocycles. The summed E-state index contributed by atoms with van der Waals surface area (Å²) in [7, 11) is 1.66. The van der Waals surface area contributed by atoms with Crippen LogP contribution >= 0.6 is 0 Å². The predicted molar refractivity (Wildman–Crippen MR) is 122 cm³/mol. The van der Waals surface area contributed by atoms with Crippen molar-refractivity contribution in [1.82, 2.24) is 0 Å². The average Bonchev–Trinajstić information content (AvgIpc) is 3.24. The third kappa shape index (κ3) is 6.40. The lowest BCUT2D eigenvalue weighted by molar-refractivity contribution is -0.0895. The quantitative estimate of drug-likeness (QED) is 0.435. The summed E-state index contributed by atoms with van der Waals surface area (Å²) in [4.78, 5) is 0. The van der Waals surface area contributed by atoms with Gasteiger partial charge in [0.1, 0.15) is 24.1 Å². The maximum absolute atomic E-state index is 6.31. The second kappa shape index (κ2) is 11.8. The van der Waals surface area contributed by atoms with Crippen molar-refractivity contribution in [3.8, 4) is 5.75 Å². The molecule has 3 aromatic carbocycles. The summed E-state index contributed by atoms with van der Waals surface area (Å²) in [5.74, 6) is 0.828. The molecule has 0 bridgehead atoms. The first-order valence-electron chi connectivity index (χ1n) is 10.9. The van der Waals surface area contributed by atoms with Crippen LogP contribution in [-0.4, -0.2) is 38.6 Å². The summed E-state index contributed by atoms with van der Waals surface area (Å²) in [6, 6.07) is 28.2. The molecule has 0 spiro atoms. The van der Waals surface area contributed by atoms with Crippen LogP contribution in [0.2, 0.25) is 0 Å². The second-order valence-corrected chi connectivity index (χ2v) is 7.83. The normalized spacial score (nSPS) is 20.3. The summed E-state index contributed by atoms with van der Waals surface area (Å²) in [5.41, 5.74) is 3.34. The molecule has 3 aromatic rings. The van der Waals surface area contributed by atoms with Gasteiger partial charge in [-0.1, -0.05) is 72.8 Å². The second-order valence-electron chi connectivity index (χ2n) is 7.83. The lowest BCUT2D eigenvalue weighted by Gasteiger charge is -2.24.